The molecule has 0 amide bonds. The molecule has 0 saturated carbocycles. The van der Waals surface area contributed by atoms with Crippen LogP contribution < -0.4 is 0 Å². The zero-order valence-electron chi connectivity index (χ0n) is 13.1. The maximum atomic E-state index is 13.9. The SMILES string of the molecule is Cc1ccc(S(=O)(=O)OCC(F)(F)CN2CCC(F)(F)CC2)cc1. The van der Waals surface area contributed by atoms with Gasteiger partial charge in [-0.2, -0.15) is 8.42 Å². The summed E-state index contributed by atoms with van der Waals surface area (Å²) in [5.41, 5.74) is 0.821. The number of hydrogen-bond acceptors (Lipinski definition) is 4. The van der Waals surface area contributed by atoms with Crippen molar-refractivity contribution in [2.75, 3.05) is 26.2 Å². The zero-order valence-corrected chi connectivity index (χ0v) is 14.0. The molecular weight excluding hydrogens is 350 g/mol. The Bertz CT molecular complexity index is 652. The van der Waals surface area contributed by atoms with Crippen LogP contribution >= 0.6 is 0 Å². The first-order valence-electron chi connectivity index (χ1n) is 7.43. The minimum atomic E-state index is -4.29. The fourth-order valence-corrected chi connectivity index (χ4v) is 3.28. The van der Waals surface area contributed by atoms with E-state index < -0.39 is 48.0 Å². The third-order valence-corrected chi connectivity index (χ3v) is 5.06. The van der Waals surface area contributed by atoms with Gasteiger partial charge in [0.2, 0.25) is 0 Å². The van der Waals surface area contributed by atoms with Crippen molar-refractivity contribution in [2.24, 2.45) is 0 Å². The van der Waals surface area contributed by atoms with Gasteiger partial charge in [-0.3, -0.25) is 9.08 Å². The van der Waals surface area contributed by atoms with Gasteiger partial charge in [0.05, 0.1) is 11.4 Å². The molecule has 1 fully saturated rings. The van der Waals surface area contributed by atoms with Crippen LogP contribution in [0.1, 0.15) is 18.4 Å². The van der Waals surface area contributed by atoms with Crippen LogP contribution in [-0.2, 0) is 14.3 Å². The van der Waals surface area contributed by atoms with E-state index in [-0.39, 0.29) is 18.0 Å². The third-order valence-electron chi connectivity index (χ3n) is 3.78. The van der Waals surface area contributed by atoms with E-state index in [1.165, 1.54) is 29.2 Å². The van der Waals surface area contributed by atoms with Gasteiger partial charge in [0.15, 0.2) is 0 Å². The van der Waals surface area contributed by atoms with Gasteiger partial charge >= 0.3 is 0 Å². The molecule has 9 heteroatoms. The van der Waals surface area contributed by atoms with Crippen LogP contribution in [0.25, 0.3) is 0 Å². The lowest BCUT2D eigenvalue weighted by Crippen LogP contribution is -2.46. The first kappa shape index (κ1) is 19.1. The predicted molar refractivity (Wildman–Crippen MR) is 79.9 cm³/mol. The number of aryl methyl sites for hydroxylation is 1. The molecule has 0 bridgehead atoms. The number of benzene rings is 1. The van der Waals surface area contributed by atoms with Gasteiger partial charge in [-0.25, -0.2) is 17.6 Å². The lowest BCUT2D eigenvalue weighted by molar-refractivity contribution is -0.0972. The first-order valence-corrected chi connectivity index (χ1v) is 8.84. The Morgan fingerprint density at radius 3 is 2.25 bits per heavy atom. The smallest absolute Gasteiger partial charge is 0.297 e. The van der Waals surface area contributed by atoms with E-state index in [2.05, 4.69) is 4.18 Å². The molecule has 1 saturated heterocycles. The molecule has 0 N–H and O–H groups in total. The lowest BCUT2D eigenvalue weighted by atomic mass is 10.1. The van der Waals surface area contributed by atoms with Crippen molar-refractivity contribution in [1.29, 1.82) is 0 Å². The summed E-state index contributed by atoms with van der Waals surface area (Å²) in [6.45, 7) is -0.698. The number of alkyl halides is 4. The van der Waals surface area contributed by atoms with E-state index in [0.29, 0.717) is 0 Å². The molecule has 0 aromatic heterocycles. The lowest BCUT2D eigenvalue weighted by Gasteiger charge is -2.33. The highest BCUT2D eigenvalue weighted by atomic mass is 32.2. The van der Waals surface area contributed by atoms with E-state index in [1.54, 1.807) is 6.92 Å². The average Bonchev–Trinajstić information content (AvgIpc) is 2.48. The highest BCUT2D eigenvalue weighted by Crippen LogP contribution is 2.29. The van der Waals surface area contributed by atoms with Gasteiger partial charge in [0, 0.05) is 25.9 Å². The van der Waals surface area contributed by atoms with Gasteiger partial charge in [-0.1, -0.05) is 17.7 Å². The summed E-state index contributed by atoms with van der Waals surface area (Å²) in [5, 5.41) is 0. The Balaban J connectivity index is 1.91. The van der Waals surface area contributed by atoms with E-state index in [4.69, 9.17) is 0 Å². The minimum absolute atomic E-state index is 0.159. The topological polar surface area (TPSA) is 46.6 Å². The molecule has 1 aliphatic heterocycles. The minimum Gasteiger partial charge on any atom is -0.297 e. The highest BCUT2D eigenvalue weighted by molar-refractivity contribution is 7.86. The van der Waals surface area contributed by atoms with Crippen molar-refractivity contribution in [3.63, 3.8) is 0 Å². The second-order valence-electron chi connectivity index (χ2n) is 6.02. The second-order valence-corrected chi connectivity index (χ2v) is 7.63. The van der Waals surface area contributed by atoms with Crippen LogP contribution in [0.3, 0.4) is 0 Å². The summed E-state index contributed by atoms with van der Waals surface area (Å²) < 4.78 is 82.1. The van der Waals surface area contributed by atoms with Crippen molar-refractivity contribution in [3.05, 3.63) is 29.8 Å². The van der Waals surface area contributed by atoms with E-state index in [0.717, 1.165) is 5.56 Å². The molecular formula is C15H19F4NO3S. The van der Waals surface area contributed by atoms with Gasteiger partial charge in [-0.05, 0) is 19.1 Å². The Morgan fingerprint density at radius 1 is 1.17 bits per heavy atom. The van der Waals surface area contributed by atoms with E-state index in [9.17, 15) is 26.0 Å². The van der Waals surface area contributed by atoms with E-state index >= 15 is 0 Å². The fraction of sp³-hybridized carbons (Fsp3) is 0.600. The van der Waals surface area contributed by atoms with Crippen molar-refractivity contribution in [3.8, 4) is 0 Å². The Kier molecular flexibility index (Phi) is 5.56. The van der Waals surface area contributed by atoms with Crippen LogP contribution in [0, 0.1) is 6.92 Å². The number of likely N-dealkylation sites (tertiary alicyclic amines) is 1. The quantitative estimate of drug-likeness (QED) is 0.571. The summed E-state index contributed by atoms with van der Waals surface area (Å²) >= 11 is 0. The van der Waals surface area contributed by atoms with Crippen LogP contribution in [0.15, 0.2) is 29.2 Å². The molecule has 24 heavy (non-hydrogen) atoms. The molecule has 0 aliphatic carbocycles. The van der Waals surface area contributed by atoms with E-state index in [1.807, 2.05) is 0 Å². The maximum Gasteiger partial charge on any atom is 0.297 e. The summed E-state index contributed by atoms with van der Waals surface area (Å²) in [4.78, 5) is 0.987. The van der Waals surface area contributed by atoms with Gasteiger partial charge in [-0.15, -0.1) is 0 Å². The summed E-state index contributed by atoms with van der Waals surface area (Å²) in [7, 11) is -4.29. The first-order chi connectivity index (χ1) is 11.0. The number of rotatable bonds is 6. The molecule has 1 aromatic rings. The Hall–Kier alpha value is -1.19. The van der Waals surface area contributed by atoms with Crippen LogP contribution in [0.4, 0.5) is 17.6 Å². The maximum absolute atomic E-state index is 13.9. The molecule has 1 heterocycles. The van der Waals surface area contributed by atoms with Crippen LogP contribution in [0.5, 0.6) is 0 Å². The van der Waals surface area contributed by atoms with Crippen molar-refractivity contribution in [1.82, 2.24) is 4.90 Å². The molecule has 2 rings (SSSR count). The van der Waals surface area contributed by atoms with Crippen molar-refractivity contribution < 1.29 is 30.2 Å². The van der Waals surface area contributed by atoms with Crippen LogP contribution in [-0.4, -0.2) is 51.4 Å². The largest absolute Gasteiger partial charge is 0.297 e. The fourth-order valence-electron chi connectivity index (χ4n) is 2.35. The standard InChI is InChI=1S/C15H19F4NO3S/c1-12-2-4-13(5-3-12)24(21,22)23-11-15(18,19)10-20-8-6-14(16,17)7-9-20/h2-5H,6-11H2,1H3. The second kappa shape index (κ2) is 6.97. The summed E-state index contributed by atoms with van der Waals surface area (Å²) in [5.74, 6) is -6.28. The van der Waals surface area contributed by atoms with Gasteiger partial charge in [0.1, 0.15) is 6.61 Å². The normalized spacial score (nSPS) is 19.4. The zero-order chi connectivity index (χ0) is 18.0. The number of halogens is 4. The molecule has 1 aromatic carbocycles. The Labute approximate surface area is 138 Å². The summed E-state index contributed by atoms with van der Waals surface area (Å²) in [6, 6.07) is 5.61. The Morgan fingerprint density at radius 2 is 1.71 bits per heavy atom. The van der Waals surface area contributed by atoms with Gasteiger partial charge in [0.25, 0.3) is 22.0 Å². The van der Waals surface area contributed by atoms with Crippen LogP contribution in [0.2, 0.25) is 0 Å². The molecule has 0 spiro atoms. The summed E-state index contributed by atoms with van der Waals surface area (Å²) in [6.07, 6.45) is -0.961. The molecule has 0 unspecified atom stereocenters. The van der Waals surface area contributed by atoms with Crippen molar-refractivity contribution in [2.45, 2.75) is 36.5 Å². The molecule has 0 radical (unpaired) electrons. The number of nitrogens with zero attached hydrogens (tertiary/aromatic N) is 1. The molecule has 136 valence electrons. The number of hydrogen-bond donors (Lipinski definition) is 0. The molecule has 1 aliphatic rings. The number of piperidine rings is 1. The average molecular weight is 369 g/mol. The predicted octanol–water partition coefficient (Wildman–Crippen LogP) is 3.07. The van der Waals surface area contributed by atoms with Crippen molar-refractivity contribution >= 4 is 10.1 Å². The highest BCUT2D eigenvalue weighted by Gasteiger charge is 2.39. The molecule has 4 nitrogen and oxygen atoms in total. The molecule has 0 atom stereocenters. The monoisotopic (exact) mass is 369 g/mol. The van der Waals surface area contributed by atoms with Gasteiger partial charge < -0.3 is 0 Å². The third kappa shape index (κ3) is 5.42.